The van der Waals surface area contributed by atoms with Gasteiger partial charge in [0.1, 0.15) is 22.2 Å². The first-order valence-corrected chi connectivity index (χ1v) is 9.90. The molecule has 0 aliphatic heterocycles. The minimum atomic E-state index is -4.98. The number of benzene rings is 2. The molecule has 0 spiro atoms. The van der Waals surface area contributed by atoms with Crippen LogP contribution in [0.2, 0.25) is 0 Å². The molecular formula is C18H11F6NO4S. The number of sulfone groups is 1. The van der Waals surface area contributed by atoms with Crippen molar-refractivity contribution in [3.05, 3.63) is 54.0 Å². The molecule has 0 radical (unpaired) electrons. The Morgan fingerprint density at radius 2 is 1.77 bits per heavy atom. The molecule has 1 heterocycles. The lowest BCUT2D eigenvalue weighted by atomic mass is 9.99. The SMILES string of the molecule is CS(=O)(=O)c1ccc(-c2c(-c3cccc(OC(F)(F)F)c3)noc2C(F)F)cc1F. The van der Waals surface area contributed by atoms with Gasteiger partial charge in [0.15, 0.2) is 9.84 Å². The molecule has 0 bridgehead atoms. The van der Waals surface area contributed by atoms with E-state index < -0.39 is 50.4 Å². The third-order valence-electron chi connectivity index (χ3n) is 3.88. The van der Waals surface area contributed by atoms with E-state index in [9.17, 15) is 34.8 Å². The van der Waals surface area contributed by atoms with Crippen molar-refractivity contribution >= 4 is 9.84 Å². The molecule has 0 N–H and O–H groups in total. The summed E-state index contributed by atoms with van der Waals surface area (Å²) in [6, 6.07) is 6.98. The van der Waals surface area contributed by atoms with E-state index in [0.29, 0.717) is 6.07 Å². The summed E-state index contributed by atoms with van der Waals surface area (Å²) < 4.78 is 110. The van der Waals surface area contributed by atoms with E-state index in [-0.39, 0.29) is 16.8 Å². The molecule has 1 aromatic heterocycles. The standard InChI is InChI=1S/C18H11F6NO4S/c1-30(26,27)13-6-5-9(8-12(13)19)14-15(25-29-16(14)17(20)21)10-3-2-4-11(7-10)28-18(22,23)24/h2-8,17H,1H3. The topological polar surface area (TPSA) is 69.4 Å². The molecule has 3 aromatic rings. The van der Waals surface area contributed by atoms with Gasteiger partial charge in [-0.3, -0.25) is 0 Å². The van der Waals surface area contributed by atoms with Crippen molar-refractivity contribution in [2.24, 2.45) is 0 Å². The van der Waals surface area contributed by atoms with Crippen LogP contribution in [-0.2, 0) is 9.84 Å². The summed E-state index contributed by atoms with van der Waals surface area (Å²) in [7, 11) is -3.92. The van der Waals surface area contributed by atoms with Crippen molar-refractivity contribution in [2.45, 2.75) is 17.7 Å². The van der Waals surface area contributed by atoms with Gasteiger partial charge in [-0.25, -0.2) is 21.6 Å². The maximum absolute atomic E-state index is 14.3. The minimum Gasteiger partial charge on any atom is -0.406 e. The minimum absolute atomic E-state index is 0.0741. The molecule has 0 aliphatic carbocycles. The summed E-state index contributed by atoms with van der Waals surface area (Å²) in [6.07, 6.45) is -7.40. The Morgan fingerprint density at radius 1 is 1.07 bits per heavy atom. The summed E-state index contributed by atoms with van der Waals surface area (Å²) in [4.78, 5) is -0.650. The lowest BCUT2D eigenvalue weighted by molar-refractivity contribution is -0.274. The molecule has 0 aliphatic rings. The van der Waals surface area contributed by atoms with E-state index in [0.717, 1.165) is 30.5 Å². The first kappa shape index (κ1) is 21.7. The zero-order valence-electron chi connectivity index (χ0n) is 14.9. The first-order chi connectivity index (χ1) is 13.9. The Bertz CT molecular complexity index is 1190. The van der Waals surface area contributed by atoms with Crippen LogP contribution in [0.25, 0.3) is 22.4 Å². The third kappa shape index (κ3) is 4.58. The van der Waals surface area contributed by atoms with Gasteiger partial charge < -0.3 is 9.26 Å². The number of hydrogen-bond donors (Lipinski definition) is 0. The molecule has 30 heavy (non-hydrogen) atoms. The van der Waals surface area contributed by atoms with Crippen molar-refractivity contribution in [1.29, 1.82) is 0 Å². The second-order valence-electron chi connectivity index (χ2n) is 6.06. The molecule has 0 atom stereocenters. The largest absolute Gasteiger partial charge is 0.573 e. The number of aromatic nitrogens is 1. The summed E-state index contributed by atoms with van der Waals surface area (Å²) in [6.45, 7) is 0. The molecule has 0 saturated carbocycles. The Labute approximate surface area is 165 Å². The zero-order chi connectivity index (χ0) is 22.3. The Morgan fingerprint density at radius 3 is 2.33 bits per heavy atom. The number of hydrogen-bond acceptors (Lipinski definition) is 5. The van der Waals surface area contributed by atoms with Crippen molar-refractivity contribution < 1.29 is 44.0 Å². The van der Waals surface area contributed by atoms with Crippen LogP contribution < -0.4 is 4.74 Å². The lowest BCUT2D eigenvalue weighted by Crippen LogP contribution is -2.17. The quantitative estimate of drug-likeness (QED) is 0.487. The summed E-state index contributed by atoms with van der Waals surface area (Å²) in [5, 5.41) is 3.49. The van der Waals surface area contributed by atoms with Gasteiger partial charge in [0, 0.05) is 11.8 Å². The van der Waals surface area contributed by atoms with Gasteiger partial charge in [-0.1, -0.05) is 23.4 Å². The number of rotatable bonds is 5. The molecule has 0 amide bonds. The molecule has 160 valence electrons. The van der Waals surface area contributed by atoms with Crippen LogP contribution in [0, 0.1) is 5.82 Å². The average Bonchev–Trinajstić information content (AvgIpc) is 3.04. The first-order valence-electron chi connectivity index (χ1n) is 8.00. The van der Waals surface area contributed by atoms with Crippen LogP contribution >= 0.6 is 0 Å². The molecule has 0 unspecified atom stereocenters. The lowest BCUT2D eigenvalue weighted by Gasteiger charge is -2.10. The van der Waals surface area contributed by atoms with Crippen LogP contribution in [0.3, 0.4) is 0 Å². The van der Waals surface area contributed by atoms with Gasteiger partial charge in [0.25, 0.3) is 6.43 Å². The van der Waals surface area contributed by atoms with E-state index in [4.69, 9.17) is 0 Å². The van der Waals surface area contributed by atoms with Gasteiger partial charge >= 0.3 is 6.36 Å². The molecular weight excluding hydrogens is 440 g/mol. The van der Waals surface area contributed by atoms with E-state index in [1.807, 2.05) is 0 Å². The fraction of sp³-hybridized carbons (Fsp3) is 0.167. The average molecular weight is 451 g/mol. The third-order valence-corrected chi connectivity index (χ3v) is 5.01. The Balaban J connectivity index is 2.17. The van der Waals surface area contributed by atoms with Crippen LogP contribution in [0.5, 0.6) is 5.75 Å². The normalized spacial score (nSPS) is 12.4. The maximum Gasteiger partial charge on any atom is 0.573 e. The fourth-order valence-electron chi connectivity index (χ4n) is 2.73. The van der Waals surface area contributed by atoms with Crippen molar-refractivity contribution in [3.8, 4) is 28.1 Å². The monoisotopic (exact) mass is 451 g/mol. The molecule has 0 fully saturated rings. The van der Waals surface area contributed by atoms with Gasteiger partial charge in [-0.2, -0.15) is 0 Å². The molecule has 5 nitrogen and oxygen atoms in total. The van der Waals surface area contributed by atoms with Crippen LogP contribution in [0.15, 0.2) is 51.9 Å². The fourth-order valence-corrected chi connectivity index (χ4v) is 3.45. The highest BCUT2D eigenvalue weighted by atomic mass is 32.2. The summed E-state index contributed by atoms with van der Waals surface area (Å²) in [5.74, 6) is -2.79. The van der Waals surface area contributed by atoms with Crippen LogP contribution in [-0.4, -0.2) is 26.2 Å². The molecule has 0 saturated heterocycles. The number of alkyl halides is 5. The predicted octanol–water partition coefficient (Wildman–Crippen LogP) is 5.39. The van der Waals surface area contributed by atoms with Crippen molar-refractivity contribution in [2.75, 3.05) is 6.26 Å². The van der Waals surface area contributed by atoms with E-state index >= 15 is 0 Å². The highest BCUT2D eigenvalue weighted by Gasteiger charge is 2.32. The molecule has 2 aromatic carbocycles. The number of ether oxygens (including phenoxy) is 1. The second kappa shape index (κ2) is 7.67. The van der Waals surface area contributed by atoms with Gasteiger partial charge in [-0.05, 0) is 29.8 Å². The van der Waals surface area contributed by atoms with Crippen LogP contribution in [0.4, 0.5) is 26.3 Å². The Hall–Kier alpha value is -3.02. The van der Waals surface area contributed by atoms with Crippen molar-refractivity contribution in [3.63, 3.8) is 0 Å². The van der Waals surface area contributed by atoms with E-state index in [1.165, 1.54) is 12.1 Å². The summed E-state index contributed by atoms with van der Waals surface area (Å²) in [5.41, 5.74) is -0.971. The van der Waals surface area contributed by atoms with E-state index in [1.54, 1.807) is 0 Å². The van der Waals surface area contributed by atoms with Gasteiger partial charge in [0.2, 0.25) is 5.76 Å². The highest BCUT2D eigenvalue weighted by molar-refractivity contribution is 7.90. The summed E-state index contributed by atoms with van der Waals surface area (Å²) >= 11 is 0. The second-order valence-corrected chi connectivity index (χ2v) is 8.05. The molecule has 12 heteroatoms. The maximum atomic E-state index is 14.3. The molecule has 3 rings (SSSR count). The Kier molecular flexibility index (Phi) is 5.54. The number of nitrogens with zero attached hydrogens (tertiary/aromatic N) is 1. The van der Waals surface area contributed by atoms with Crippen LogP contribution in [0.1, 0.15) is 12.2 Å². The predicted molar refractivity (Wildman–Crippen MR) is 92.1 cm³/mol. The highest BCUT2D eigenvalue weighted by Crippen LogP contribution is 2.40. The van der Waals surface area contributed by atoms with E-state index in [2.05, 4.69) is 14.4 Å². The van der Waals surface area contributed by atoms with Gasteiger partial charge in [-0.15, -0.1) is 13.2 Å². The number of halogens is 6. The van der Waals surface area contributed by atoms with Crippen molar-refractivity contribution in [1.82, 2.24) is 5.16 Å². The zero-order valence-corrected chi connectivity index (χ0v) is 15.7. The smallest absolute Gasteiger partial charge is 0.406 e. The van der Waals surface area contributed by atoms with Gasteiger partial charge in [0.05, 0.1) is 5.56 Å².